The van der Waals surface area contributed by atoms with Crippen molar-refractivity contribution in [3.63, 3.8) is 0 Å². The van der Waals surface area contributed by atoms with Gasteiger partial charge in [-0.15, -0.1) is 0 Å². The summed E-state index contributed by atoms with van der Waals surface area (Å²) >= 11 is 0. The summed E-state index contributed by atoms with van der Waals surface area (Å²) in [5, 5.41) is 11.5. The van der Waals surface area contributed by atoms with Gasteiger partial charge in [0.25, 0.3) is 11.6 Å². The predicted octanol–water partition coefficient (Wildman–Crippen LogP) is 3.14. The molecule has 0 bridgehead atoms. The van der Waals surface area contributed by atoms with E-state index < -0.39 is 28.6 Å². The lowest BCUT2D eigenvalue weighted by atomic mass is 10.1. The molecule has 0 radical (unpaired) electrons. The van der Waals surface area contributed by atoms with E-state index in [-0.39, 0.29) is 23.7 Å². The fourth-order valence-corrected chi connectivity index (χ4v) is 3.35. The van der Waals surface area contributed by atoms with Gasteiger partial charge in [0.15, 0.2) is 17.6 Å². The van der Waals surface area contributed by atoms with Crippen LogP contribution in [0.25, 0.3) is 0 Å². The fourth-order valence-electron chi connectivity index (χ4n) is 3.35. The van der Waals surface area contributed by atoms with Crippen LogP contribution in [0.4, 0.5) is 11.4 Å². The number of hydrogen-bond acceptors (Lipinski definition) is 7. The minimum Gasteiger partial charge on any atom is -0.493 e. The van der Waals surface area contributed by atoms with E-state index in [1.807, 2.05) is 24.3 Å². The number of benzene rings is 2. The van der Waals surface area contributed by atoms with Crippen molar-refractivity contribution in [1.29, 1.82) is 0 Å². The van der Waals surface area contributed by atoms with Gasteiger partial charge in [-0.2, -0.15) is 0 Å². The van der Waals surface area contributed by atoms with E-state index in [1.54, 1.807) is 11.8 Å². The third-order valence-electron chi connectivity index (χ3n) is 4.78. The summed E-state index contributed by atoms with van der Waals surface area (Å²) in [5.41, 5.74) is 1.01. The van der Waals surface area contributed by atoms with E-state index in [1.165, 1.54) is 20.1 Å². The minimum absolute atomic E-state index is 0.140. The van der Waals surface area contributed by atoms with Crippen LogP contribution in [0.3, 0.4) is 0 Å². The molecule has 1 amide bonds. The van der Waals surface area contributed by atoms with Crippen molar-refractivity contribution in [1.82, 2.24) is 0 Å². The lowest BCUT2D eigenvalue weighted by molar-refractivity contribution is -0.385. The Kier molecular flexibility index (Phi) is 6.20. The highest BCUT2D eigenvalue weighted by molar-refractivity contribution is 6.01. The number of hydrogen-bond donors (Lipinski definition) is 0. The largest absolute Gasteiger partial charge is 0.493 e. The number of nitro groups is 1. The highest BCUT2D eigenvalue weighted by Crippen LogP contribution is 2.35. The molecule has 1 atom stereocenters. The highest BCUT2D eigenvalue weighted by Gasteiger charge is 2.32. The maximum Gasteiger partial charge on any atom is 0.346 e. The second-order valence-electron chi connectivity index (χ2n) is 6.63. The number of esters is 1. The molecule has 0 unspecified atom stereocenters. The second kappa shape index (κ2) is 8.81. The molecule has 0 saturated carbocycles. The lowest BCUT2D eigenvalue weighted by Crippen LogP contribution is -2.39. The van der Waals surface area contributed by atoms with Crippen LogP contribution in [0.2, 0.25) is 0 Å². The van der Waals surface area contributed by atoms with Crippen LogP contribution in [0.1, 0.15) is 29.8 Å². The number of carbonyl (C=O) groups excluding carboxylic acids is 2. The number of anilines is 1. The molecule has 0 saturated heterocycles. The zero-order valence-corrected chi connectivity index (χ0v) is 16.9. The number of carbonyl (C=O) groups is 2. The summed E-state index contributed by atoms with van der Waals surface area (Å²) in [5.74, 6) is -1.09. The Balaban J connectivity index is 1.83. The van der Waals surface area contributed by atoms with Gasteiger partial charge in [0, 0.05) is 18.3 Å². The van der Waals surface area contributed by atoms with E-state index in [9.17, 15) is 19.7 Å². The molecule has 9 nitrogen and oxygen atoms in total. The third-order valence-corrected chi connectivity index (χ3v) is 4.78. The van der Waals surface area contributed by atoms with Gasteiger partial charge in [0.1, 0.15) is 5.56 Å². The Morgan fingerprint density at radius 2 is 1.97 bits per heavy atom. The topological polar surface area (TPSA) is 108 Å². The van der Waals surface area contributed by atoms with Crippen LogP contribution in [-0.2, 0) is 16.0 Å². The molecule has 2 aromatic rings. The number of para-hydroxylation sites is 1. The molecule has 1 aliphatic rings. The zero-order valence-electron chi connectivity index (χ0n) is 16.9. The van der Waals surface area contributed by atoms with Gasteiger partial charge in [-0.3, -0.25) is 14.9 Å². The summed E-state index contributed by atoms with van der Waals surface area (Å²) in [6.07, 6.45) is -0.412. The van der Waals surface area contributed by atoms with Gasteiger partial charge >= 0.3 is 5.97 Å². The van der Waals surface area contributed by atoms with E-state index in [0.717, 1.165) is 17.3 Å². The maximum absolute atomic E-state index is 12.8. The summed E-state index contributed by atoms with van der Waals surface area (Å²) < 4.78 is 15.8. The van der Waals surface area contributed by atoms with Crippen molar-refractivity contribution in [2.75, 3.05) is 25.2 Å². The molecule has 0 aromatic heterocycles. The fraction of sp³-hybridized carbons (Fsp3) is 0.333. The minimum atomic E-state index is -1.12. The molecule has 158 valence electrons. The van der Waals surface area contributed by atoms with Crippen molar-refractivity contribution in [3.05, 3.63) is 57.6 Å². The summed E-state index contributed by atoms with van der Waals surface area (Å²) in [7, 11) is 1.36. The van der Waals surface area contributed by atoms with E-state index in [2.05, 4.69) is 0 Å². The van der Waals surface area contributed by atoms with Crippen molar-refractivity contribution < 1.29 is 28.7 Å². The summed E-state index contributed by atoms with van der Waals surface area (Å²) in [6, 6.07) is 9.80. The molecule has 1 aliphatic heterocycles. The Morgan fingerprint density at radius 3 is 2.63 bits per heavy atom. The van der Waals surface area contributed by atoms with Crippen LogP contribution in [-0.4, -0.2) is 43.2 Å². The molecule has 1 heterocycles. The van der Waals surface area contributed by atoms with Gasteiger partial charge in [-0.05, 0) is 31.9 Å². The van der Waals surface area contributed by atoms with Crippen molar-refractivity contribution in [2.24, 2.45) is 0 Å². The Hall–Kier alpha value is -3.62. The number of nitrogens with zero attached hydrogens (tertiary/aromatic N) is 2. The first-order valence-corrected chi connectivity index (χ1v) is 9.46. The smallest absolute Gasteiger partial charge is 0.346 e. The standard InChI is InChI=1S/C21H22N2O7/c1-4-29-19-12-17(23(26)27)15(11-18(19)28-3)21(25)30-13(2)20(24)22-10-9-14-7-5-6-8-16(14)22/h5-8,11-13H,4,9-10H2,1-3H3/t13-/m1/s1. The van der Waals surface area contributed by atoms with E-state index in [0.29, 0.717) is 13.0 Å². The zero-order chi connectivity index (χ0) is 21.8. The molecule has 0 aliphatic carbocycles. The lowest BCUT2D eigenvalue weighted by Gasteiger charge is -2.21. The van der Waals surface area contributed by atoms with Crippen LogP contribution >= 0.6 is 0 Å². The normalized spacial score (nSPS) is 13.4. The van der Waals surface area contributed by atoms with E-state index in [4.69, 9.17) is 14.2 Å². The van der Waals surface area contributed by atoms with Gasteiger partial charge in [-0.25, -0.2) is 4.79 Å². The van der Waals surface area contributed by atoms with Gasteiger partial charge in [-0.1, -0.05) is 18.2 Å². The number of methoxy groups -OCH3 is 1. The molecule has 0 N–H and O–H groups in total. The summed E-state index contributed by atoms with van der Waals surface area (Å²) in [4.78, 5) is 37.8. The molecular weight excluding hydrogens is 392 g/mol. The van der Waals surface area contributed by atoms with Crippen molar-refractivity contribution in [3.8, 4) is 11.5 Å². The van der Waals surface area contributed by atoms with Crippen LogP contribution in [0.15, 0.2) is 36.4 Å². The Morgan fingerprint density at radius 1 is 1.23 bits per heavy atom. The molecule has 9 heteroatoms. The molecule has 0 spiro atoms. The first-order valence-electron chi connectivity index (χ1n) is 9.46. The Labute approximate surface area is 173 Å². The number of rotatable bonds is 7. The number of ether oxygens (including phenoxy) is 3. The average molecular weight is 414 g/mol. The van der Waals surface area contributed by atoms with Crippen LogP contribution in [0, 0.1) is 10.1 Å². The highest BCUT2D eigenvalue weighted by atomic mass is 16.6. The van der Waals surface area contributed by atoms with Gasteiger partial charge in [0.2, 0.25) is 0 Å². The maximum atomic E-state index is 12.8. The quantitative estimate of drug-likeness (QED) is 0.389. The Bertz CT molecular complexity index is 989. The van der Waals surface area contributed by atoms with Gasteiger partial charge < -0.3 is 19.1 Å². The third kappa shape index (κ3) is 4.05. The monoisotopic (exact) mass is 414 g/mol. The number of amides is 1. The molecule has 3 rings (SSSR count). The summed E-state index contributed by atoms with van der Waals surface area (Å²) in [6.45, 7) is 3.91. The molecule has 0 fully saturated rings. The number of fused-ring (bicyclic) bond motifs is 1. The first kappa shape index (κ1) is 21.1. The number of nitro benzene ring substituents is 1. The second-order valence-corrected chi connectivity index (χ2v) is 6.63. The van der Waals surface area contributed by atoms with E-state index >= 15 is 0 Å². The SMILES string of the molecule is CCOc1cc([N+](=O)[O-])c(C(=O)O[C@H](C)C(=O)N2CCc3ccccc32)cc1OC. The van der Waals surface area contributed by atoms with Crippen LogP contribution in [0.5, 0.6) is 11.5 Å². The van der Waals surface area contributed by atoms with Crippen molar-refractivity contribution >= 4 is 23.3 Å². The average Bonchev–Trinajstić information content (AvgIpc) is 3.17. The van der Waals surface area contributed by atoms with Crippen molar-refractivity contribution in [2.45, 2.75) is 26.4 Å². The molecule has 2 aromatic carbocycles. The van der Waals surface area contributed by atoms with Crippen LogP contribution < -0.4 is 14.4 Å². The predicted molar refractivity (Wildman–Crippen MR) is 108 cm³/mol. The molecular formula is C21H22N2O7. The molecule has 30 heavy (non-hydrogen) atoms. The van der Waals surface area contributed by atoms with Gasteiger partial charge in [0.05, 0.1) is 24.7 Å². The first-order chi connectivity index (χ1) is 14.4.